The molecule has 0 aliphatic rings. The summed E-state index contributed by atoms with van der Waals surface area (Å²) in [7, 11) is 0. The molecule has 0 heterocycles. The minimum atomic E-state index is 1.01. The minimum absolute atomic E-state index is 1.01. The summed E-state index contributed by atoms with van der Waals surface area (Å²) < 4.78 is 0. The van der Waals surface area contributed by atoms with E-state index in [0.717, 1.165) is 37.1 Å². The Hall–Kier alpha value is -2.74. The normalized spacial score (nSPS) is 12.3. The van der Waals surface area contributed by atoms with Crippen molar-refractivity contribution in [1.29, 1.82) is 0 Å². The molecule has 0 atom stereocenters. The molecule has 0 aliphatic heterocycles. The molecule has 0 radical (unpaired) electrons. The third-order valence-corrected chi connectivity index (χ3v) is 17.2. The van der Waals surface area contributed by atoms with Crippen LogP contribution in [0.2, 0.25) is 0 Å². The van der Waals surface area contributed by atoms with Gasteiger partial charge in [0.15, 0.2) is 0 Å². The Morgan fingerprint density at radius 3 is 0.675 bits per heavy atom. The van der Waals surface area contributed by atoms with Gasteiger partial charge in [-0.15, -0.1) is 0 Å². The average Bonchev–Trinajstić information content (AvgIpc) is 3.48. The van der Waals surface area contributed by atoms with Gasteiger partial charge in [-0.25, -0.2) is 0 Å². The first kappa shape index (κ1) is 73.4. The highest BCUT2D eigenvalue weighted by atomic mass is 14.8. The van der Waals surface area contributed by atoms with Crippen molar-refractivity contribution in [2.24, 2.45) is 9.98 Å². The lowest BCUT2D eigenvalue weighted by atomic mass is 10.0. The minimum Gasteiger partial charge on any atom is -0.252 e. The average molecular weight is 1100 g/mol. The maximum absolute atomic E-state index is 5.39. The number of unbranched alkanes of at least 4 members (excludes halogenated alkanes) is 46. The number of hydrogen-bond donors (Lipinski definition) is 0. The van der Waals surface area contributed by atoms with Crippen LogP contribution >= 0.6 is 0 Å². The summed E-state index contributed by atoms with van der Waals surface area (Å²) in [4.78, 5) is 10.8. The monoisotopic (exact) mass is 1100 g/mol. The number of aryl methyl sites for hydroxylation is 2. The van der Waals surface area contributed by atoms with Gasteiger partial charge < -0.3 is 0 Å². The zero-order chi connectivity index (χ0) is 57.0. The molecule has 0 saturated carbocycles. The molecule has 2 aromatic rings. The highest BCUT2D eigenvalue weighted by Crippen LogP contribution is 2.23. The van der Waals surface area contributed by atoms with Crippen LogP contribution in [0.3, 0.4) is 0 Å². The quantitative estimate of drug-likeness (QED) is 0.0358. The fraction of sp³-hybridized carbons (Fsp3) is 0.769. The first-order valence-corrected chi connectivity index (χ1v) is 36.3. The lowest BCUT2D eigenvalue weighted by molar-refractivity contribution is 0.523. The number of benzene rings is 2. The molecule has 80 heavy (non-hydrogen) atoms. The third-order valence-electron chi connectivity index (χ3n) is 17.2. The van der Waals surface area contributed by atoms with E-state index in [9.17, 15) is 0 Å². The number of aliphatic imine (C=N–C) groups is 2. The smallest absolute Gasteiger partial charge is 0.0633 e. The fourth-order valence-electron chi connectivity index (χ4n) is 11.8. The molecule has 0 spiro atoms. The van der Waals surface area contributed by atoms with Crippen LogP contribution < -0.4 is 0 Å². The second-order valence-electron chi connectivity index (χ2n) is 25.1. The van der Waals surface area contributed by atoms with Crippen LogP contribution in [0.4, 0.5) is 11.4 Å². The summed E-state index contributed by atoms with van der Waals surface area (Å²) in [5.41, 5.74) is 7.42. The Morgan fingerprint density at radius 1 is 0.237 bits per heavy atom. The maximum atomic E-state index is 5.39. The van der Waals surface area contributed by atoms with Crippen LogP contribution in [-0.4, -0.2) is 11.4 Å². The van der Waals surface area contributed by atoms with Crippen LogP contribution in [0.1, 0.15) is 386 Å². The van der Waals surface area contributed by atoms with Gasteiger partial charge in [0.1, 0.15) is 0 Å². The molecule has 2 rings (SSSR count). The van der Waals surface area contributed by atoms with Gasteiger partial charge in [0.2, 0.25) is 0 Å². The SMILES string of the molecule is CCCCCCCCCCCCCCCCCCCCC/C=C/CCCc1ccc(N=C(CCCCCC)C(CCCCCC)=Nc2ccc(CCC/C=C/CCCCCCCCCCCCCCCCCCCCC)cc2)cc1. The number of hydrogen-bond acceptors (Lipinski definition) is 2. The van der Waals surface area contributed by atoms with Gasteiger partial charge in [0.05, 0.1) is 22.8 Å². The fourth-order valence-corrected chi connectivity index (χ4v) is 11.8. The van der Waals surface area contributed by atoms with E-state index in [0.29, 0.717) is 0 Å². The van der Waals surface area contributed by atoms with Crippen molar-refractivity contribution >= 4 is 22.8 Å². The highest BCUT2D eigenvalue weighted by Gasteiger charge is 2.12. The van der Waals surface area contributed by atoms with Crippen molar-refractivity contribution in [3.05, 3.63) is 84.0 Å². The van der Waals surface area contributed by atoms with E-state index in [1.54, 1.807) is 0 Å². The topological polar surface area (TPSA) is 24.7 Å². The Kier molecular flexibility index (Phi) is 54.5. The van der Waals surface area contributed by atoms with E-state index >= 15 is 0 Å². The van der Waals surface area contributed by atoms with Crippen molar-refractivity contribution in [2.45, 2.75) is 387 Å². The van der Waals surface area contributed by atoms with Crippen LogP contribution in [0.25, 0.3) is 0 Å². The van der Waals surface area contributed by atoms with Crippen LogP contribution in [0.15, 0.2) is 82.8 Å². The molecule has 458 valence electrons. The van der Waals surface area contributed by atoms with E-state index < -0.39 is 0 Å². The van der Waals surface area contributed by atoms with Crippen LogP contribution in [-0.2, 0) is 12.8 Å². The molecule has 0 saturated heterocycles. The van der Waals surface area contributed by atoms with Crippen molar-refractivity contribution in [3.63, 3.8) is 0 Å². The second kappa shape index (κ2) is 59.4. The predicted octanol–water partition coefficient (Wildman–Crippen LogP) is 27.9. The molecule has 2 heteroatoms. The lowest BCUT2D eigenvalue weighted by Gasteiger charge is -2.12. The summed E-state index contributed by atoms with van der Waals surface area (Å²) in [6.07, 6.45) is 86.2. The van der Waals surface area contributed by atoms with Gasteiger partial charge in [-0.3, -0.25) is 9.98 Å². The molecule has 0 fully saturated rings. The molecular formula is C78H136N2. The third kappa shape index (κ3) is 47.7. The van der Waals surface area contributed by atoms with E-state index in [-0.39, 0.29) is 0 Å². The largest absolute Gasteiger partial charge is 0.252 e. The molecule has 2 nitrogen and oxygen atoms in total. The summed E-state index contributed by atoms with van der Waals surface area (Å²) in [6, 6.07) is 18.3. The standard InChI is InChI=1S/C78H136N2/c1-5-9-13-17-19-21-23-25-27-29-31-33-35-37-39-41-43-45-47-49-51-53-55-57-61-73-65-69-75(70-66-73)79-77(63-59-15-11-7-3)78(64-60-16-12-8-4)80-76-71-67-74(68-72-76)62-58-56-54-52-50-48-46-44-42-40-38-36-34-32-30-28-26-24-22-20-18-14-10-6-2/h51-54,65-72H,5-50,55-64H2,1-4H3/b53-51+,54-52+,79-77?,80-78?. The van der Waals surface area contributed by atoms with Gasteiger partial charge in [-0.1, -0.05) is 346 Å². The molecule has 0 bridgehead atoms. The molecule has 0 amide bonds. The maximum Gasteiger partial charge on any atom is 0.0633 e. The van der Waals surface area contributed by atoms with E-state index in [4.69, 9.17) is 9.98 Å². The first-order chi connectivity index (χ1) is 39.7. The van der Waals surface area contributed by atoms with E-state index in [2.05, 4.69) is 101 Å². The molecule has 2 aromatic carbocycles. The predicted molar refractivity (Wildman–Crippen MR) is 365 cm³/mol. The first-order valence-electron chi connectivity index (χ1n) is 36.3. The Morgan fingerprint density at radius 2 is 0.438 bits per heavy atom. The molecule has 0 aromatic heterocycles. The Labute approximate surface area is 501 Å². The van der Waals surface area contributed by atoms with Gasteiger partial charge in [0.25, 0.3) is 0 Å². The second-order valence-corrected chi connectivity index (χ2v) is 25.1. The number of nitrogens with zero attached hydrogens (tertiary/aromatic N) is 2. The van der Waals surface area contributed by atoms with Gasteiger partial charge in [-0.05, 0) is 125 Å². The number of rotatable bonds is 61. The van der Waals surface area contributed by atoms with Crippen molar-refractivity contribution < 1.29 is 0 Å². The zero-order valence-electron chi connectivity index (χ0n) is 54.4. The van der Waals surface area contributed by atoms with Crippen LogP contribution in [0.5, 0.6) is 0 Å². The van der Waals surface area contributed by atoms with Crippen molar-refractivity contribution in [3.8, 4) is 0 Å². The highest BCUT2D eigenvalue weighted by molar-refractivity contribution is 6.43. The van der Waals surface area contributed by atoms with Gasteiger partial charge in [0, 0.05) is 0 Å². The van der Waals surface area contributed by atoms with E-state index in [1.165, 1.54) is 356 Å². The van der Waals surface area contributed by atoms with Gasteiger partial charge in [-0.2, -0.15) is 0 Å². The molecule has 0 N–H and O–H groups in total. The van der Waals surface area contributed by atoms with E-state index in [1.807, 2.05) is 0 Å². The molecule has 0 aliphatic carbocycles. The van der Waals surface area contributed by atoms with Crippen molar-refractivity contribution in [1.82, 2.24) is 0 Å². The molecular weight excluding hydrogens is 965 g/mol. The molecule has 0 unspecified atom stereocenters. The lowest BCUT2D eigenvalue weighted by Crippen LogP contribution is -2.14. The Bertz CT molecular complexity index is 1550. The summed E-state index contributed by atoms with van der Waals surface area (Å²) in [5.74, 6) is 0. The van der Waals surface area contributed by atoms with Gasteiger partial charge >= 0.3 is 0 Å². The van der Waals surface area contributed by atoms with Crippen LogP contribution in [0, 0.1) is 0 Å². The summed E-state index contributed by atoms with van der Waals surface area (Å²) in [5, 5.41) is 0. The Balaban J connectivity index is 1.66. The van der Waals surface area contributed by atoms with Crippen molar-refractivity contribution in [2.75, 3.05) is 0 Å². The number of allylic oxidation sites excluding steroid dienone is 4. The zero-order valence-corrected chi connectivity index (χ0v) is 54.4. The summed E-state index contributed by atoms with van der Waals surface area (Å²) in [6.45, 7) is 9.23. The summed E-state index contributed by atoms with van der Waals surface area (Å²) >= 11 is 0.